The maximum absolute atomic E-state index is 13.2. The second-order valence-electron chi connectivity index (χ2n) is 10.1. The monoisotopic (exact) mass is 533 g/mol. The summed E-state index contributed by atoms with van der Waals surface area (Å²) in [5, 5.41) is 6.86. The Morgan fingerprint density at radius 1 is 0.949 bits per heavy atom. The van der Waals surface area contributed by atoms with Gasteiger partial charge >= 0.3 is 0 Å². The number of methoxy groups -OCH3 is 2. The highest BCUT2D eigenvalue weighted by molar-refractivity contribution is 5.92. The second-order valence-corrected chi connectivity index (χ2v) is 10.1. The number of ether oxygens (including phenoxy) is 2. The molecule has 0 spiro atoms. The van der Waals surface area contributed by atoms with E-state index in [1.54, 1.807) is 20.3 Å². The van der Waals surface area contributed by atoms with Crippen LogP contribution < -0.4 is 14.8 Å². The third kappa shape index (κ3) is 8.60. The van der Waals surface area contributed by atoms with Crippen molar-refractivity contribution in [2.24, 2.45) is 5.92 Å². The maximum Gasteiger partial charge on any atom is 0.273 e. The zero-order valence-electron chi connectivity index (χ0n) is 23.0. The SMILES string of the molecule is COc1ccc(CCNC(=O)c2cc(CN(CCc3ccc(OC)cc3)C(=O)CCC3CCCC3)on2)cc1. The normalized spacial score (nSPS) is 13.3. The molecule has 1 N–H and O–H groups in total. The van der Waals surface area contributed by atoms with Gasteiger partial charge in [0.15, 0.2) is 11.5 Å². The van der Waals surface area contributed by atoms with Gasteiger partial charge in [0, 0.05) is 25.6 Å². The van der Waals surface area contributed by atoms with Crippen LogP contribution in [-0.2, 0) is 24.2 Å². The average Bonchev–Trinajstić information content (AvgIpc) is 3.67. The minimum atomic E-state index is -0.296. The van der Waals surface area contributed by atoms with E-state index in [0.29, 0.717) is 44.0 Å². The molecule has 4 rings (SSSR count). The van der Waals surface area contributed by atoms with Crippen LogP contribution in [0, 0.1) is 5.92 Å². The van der Waals surface area contributed by atoms with E-state index in [4.69, 9.17) is 14.0 Å². The van der Waals surface area contributed by atoms with Gasteiger partial charge in [-0.1, -0.05) is 55.1 Å². The summed E-state index contributed by atoms with van der Waals surface area (Å²) in [5.41, 5.74) is 2.44. The van der Waals surface area contributed by atoms with Crippen LogP contribution in [0.5, 0.6) is 11.5 Å². The summed E-state index contributed by atoms with van der Waals surface area (Å²) >= 11 is 0. The van der Waals surface area contributed by atoms with Gasteiger partial charge in [-0.05, 0) is 60.6 Å². The molecule has 3 aromatic rings. The highest BCUT2D eigenvalue weighted by Gasteiger charge is 2.21. The van der Waals surface area contributed by atoms with E-state index in [1.165, 1.54) is 25.7 Å². The predicted molar refractivity (Wildman–Crippen MR) is 149 cm³/mol. The Morgan fingerprint density at radius 3 is 2.18 bits per heavy atom. The summed E-state index contributed by atoms with van der Waals surface area (Å²) in [6.07, 6.45) is 7.83. The van der Waals surface area contributed by atoms with Crippen molar-refractivity contribution in [2.45, 2.75) is 57.9 Å². The van der Waals surface area contributed by atoms with Gasteiger partial charge in [-0.2, -0.15) is 0 Å². The van der Waals surface area contributed by atoms with Gasteiger partial charge in [0.05, 0.1) is 20.8 Å². The van der Waals surface area contributed by atoms with Gasteiger partial charge in [0.1, 0.15) is 11.5 Å². The van der Waals surface area contributed by atoms with Crippen LogP contribution >= 0.6 is 0 Å². The minimum Gasteiger partial charge on any atom is -0.497 e. The topological polar surface area (TPSA) is 93.9 Å². The molecule has 0 atom stereocenters. The number of hydrogen-bond acceptors (Lipinski definition) is 6. The Balaban J connectivity index is 1.32. The smallest absolute Gasteiger partial charge is 0.273 e. The molecule has 0 saturated heterocycles. The molecule has 1 saturated carbocycles. The molecule has 8 nitrogen and oxygen atoms in total. The summed E-state index contributed by atoms with van der Waals surface area (Å²) in [4.78, 5) is 27.7. The predicted octanol–water partition coefficient (Wildman–Crippen LogP) is 5.21. The first kappa shape index (κ1) is 28.2. The fourth-order valence-corrected chi connectivity index (χ4v) is 5.02. The molecule has 0 bridgehead atoms. The molecule has 208 valence electrons. The quantitative estimate of drug-likeness (QED) is 0.306. The third-order valence-electron chi connectivity index (χ3n) is 7.42. The van der Waals surface area contributed by atoms with Crippen molar-refractivity contribution in [2.75, 3.05) is 27.3 Å². The lowest BCUT2D eigenvalue weighted by molar-refractivity contribution is -0.132. The molecule has 2 amide bonds. The van der Waals surface area contributed by atoms with Crippen LogP contribution in [0.15, 0.2) is 59.1 Å². The van der Waals surface area contributed by atoms with Gasteiger partial charge in [-0.3, -0.25) is 9.59 Å². The number of hydrogen-bond donors (Lipinski definition) is 1. The lowest BCUT2D eigenvalue weighted by Crippen LogP contribution is -2.32. The number of benzene rings is 2. The van der Waals surface area contributed by atoms with Crippen LogP contribution in [0.2, 0.25) is 0 Å². The minimum absolute atomic E-state index is 0.109. The summed E-state index contributed by atoms with van der Waals surface area (Å²) in [5.74, 6) is 2.57. The Hall–Kier alpha value is -3.81. The van der Waals surface area contributed by atoms with Gasteiger partial charge in [0.25, 0.3) is 5.91 Å². The highest BCUT2D eigenvalue weighted by Crippen LogP contribution is 2.29. The number of rotatable bonds is 14. The molecule has 0 radical (unpaired) electrons. The molecule has 0 unspecified atom stereocenters. The van der Waals surface area contributed by atoms with Crippen molar-refractivity contribution in [3.63, 3.8) is 0 Å². The van der Waals surface area contributed by atoms with Crippen LogP contribution in [0.1, 0.15) is 65.9 Å². The van der Waals surface area contributed by atoms with Crippen molar-refractivity contribution in [1.29, 1.82) is 0 Å². The second kappa shape index (κ2) is 14.4. The molecular weight excluding hydrogens is 494 g/mol. The molecule has 2 aromatic carbocycles. The van der Waals surface area contributed by atoms with Gasteiger partial charge in [0.2, 0.25) is 5.91 Å². The maximum atomic E-state index is 13.2. The summed E-state index contributed by atoms with van der Waals surface area (Å²) in [6, 6.07) is 17.3. The Morgan fingerprint density at radius 2 is 1.56 bits per heavy atom. The van der Waals surface area contributed by atoms with Crippen molar-refractivity contribution in [3.05, 3.63) is 77.2 Å². The van der Waals surface area contributed by atoms with E-state index < -0.39 is 0 Å². The number of aromatic nitrogens is 1. The van der Waals surface area contributed by atoms with Crippen LogP contribution in [0.25, 0.3) is 0 Å². The lowest BCUT2D eigenvalue weighted by Gasteiger charge is -2.22. The van der Waals surface area contributed by atoms with Crippen LogP contribution in [-0.4, -0.2) is 49.2 Å². The van der Waals surface area contributed by atoms with Crippen molar-refractivity contribution < 1.29 is 23.6 Å². The van der Waals surface area contributed by atoms with Crippen molar-refractivity contribution >= 4 is 11.8 Å². The van der Waals surface area contributed by atoms with Gasteiger partial charge in [-0.25, -0.2) is 0 Å². The van der Waals surface area contributed by atoms with E-state index in [9.17, 15) is 9.59 Å². The Kier molecular flexibility index (Phi) is 10.4. The molecule has 1 aliphatic rings. The summed E-state index contributed by atoms with van der Waals surface area (Å²) in [6.45, 7) is 1.31. The standard InChI is InChI=1S/C31H39N3O5/c1-37-26-12-7-24(8-13-26)17-19-32-31(36)29-21-28(39-33-29)22-34(30(35)16-11-23-5-3-4-6-23)20-18-25-9-14-27(38-2)15-10-25/h7-10,12-15,21,23H,3-6,11,16-20,22H2,1-2H3,(H,32,36). The van der Waals surface area contributed by atoms with Crippen molar-refractivity contribution in [1.82, 2.24) is 15.4 Å². The number of carbonyl (C=O) groups is 2. The summed E-state index contributed by atoms with van der Waals surface area (Å²) < 4.78 is 15.9. The number of nitrogens with zero attached hydrogens (tertiary/aromatic N) is 2. The summed E-state index contributed by atoms with van der Waals surface area (Å²) in [7, 11) is 3.28. The van der Waals surface area contributed by atoms with E-state index in [2.05, 4.69) is 10.5 Å². The molecule has 8 heteroatoms. The molecule has 1 aromatic heterocycles. The first-order chi connectivity index (χ1) is 19.0. The first-order valence-electron chi connectivity index (χ1n) is 13.8. The number of amides is 2. The van der Waals surface area contributed by atoms with Gasteiger partial charge < -0.3 is 24.2 Å². The molecule has 39 heavy (non-hydrogen) atoms. The number of carbonyl (C=O) groups excluding carboxylic acids is 2. The molecule has 1 fully saturated rings. The number of nitrogens with one attached hydrogen (secondary N) is 1. The zero-order valence-corrected chi connectivity index (χ0v) is 23.0. The van der Waals surface area contributed by atoms with E-state index in [-0.39, 0.29) is 24.1 Å². The van der Waals surface area contributed by atoms with Crippen LogP contribution in [0.3, 0.4) is 0 Å². The average molecular weight is 534 g/mol. The fraction of sp³-hybridized carbons (Fsp3) is 0.452. The van der Waals surface area contributed by atoms with E-state index in [1.807, 2.05) is 53.4 Å². The van der Waals surface area contributed by atoms with Crippen LogP contribution in [0.4, 0.5) is 0 Å². The Bertz CT molecular complexity index is 1180. The highest BCUT2D eigenvalue weighted by atomic mass is 16.5. The fourth-order valence-electron chi connectivity index (χ4n) is 5.02. The third-order valence-corrected chi connectivity index (χ3v) is 7.42. The molecule has 1 aliphatic carbocycles. The molecule has 1 heterocycles. The molecular formula is C31H39N3O5. The van der Waals surface area contributed by atoms with E-state index in [0.717, 1.165) is 29.0 Å². The van der Waals surface area contributed by atoms with Gasteiger partial charge in [-0.15, -0.1) is 0 Å². The zero-order chi connectivity index (χ0) is 27.5. The molecule has 0 aliphatic heterocycles. The van der Waals surface area contributed by atoms with E-state index >= 15 is 0 Å². The van der Waals surface area contributed by atoms with Crippen molar-refractivity contribution in [3.8, 4) is 11.5 Å². The largest absolute Gasteiger partial charge is 0.497 e. The first-order valence-corrected chi connectivity index (χ1v) is 13.8. The Labute approximate surface area is 230 Å². The lowest BCUT2D eigenvalue weighted by atomic mass is 10.0.